The maximum Gasteiger partial charge on any atom is 0.407 e. The summed E-state index contributed by atoms with van der Waals surface area (Å²) in [6, 6.07) is 20.1. The van der Waals surface area contributed by atoms with Crippen molar-refractivity contribution in [3.8, 4) is 11.1 Å². The van der Waals surface area contributed by atoms with Crippen molar-refractivity contribution in [3.05, 3.63) is 82.0 Å². The van der Waals surface area contributed by atoms with Crippen molar-refractivity contribution in [1.82, 2.24) is 5.32 Å². The van der Waals surface area contributed by atoms with Crippen LogP contribution in [-0.2, 0) is 11.2 Å². The van der Waals surface area contributed by atoms with E-state index < -0.39 is 6.09 Å². The second-order valence-corrected chi connectivity index (χ2v) is 7.67. The molecule has 1 aliphatic rings. The van der Waals surface area contributed by atoms with Crippen molar-refractivity contribution in [3.63, 3.8) is 0 Å². The number of amides is 1. The molecule has 4 nitrogen and oxygen atoms in total. The number of thiophene rings is 1. The van der Waals surface area contributed by atoms with Gasteiger partial charge in [0.25, 0.3) is 0 Å². The molecule has 4 rings (SSSR count). The highest BCUT2D eigenvalue weighted by molar-refractivity contribution is 7.09. The third-order valence-electron chi connectivity index (χ3n) is 4.91. The van der Waals surface area contributed by atoms with Gasteiger partial charge in [-0.3, -0.25) is 0 Å². The number of aliphatic hydroxyl groups is 1. The lowest BCUT2D eigenvalue weighted by atomic mass is 9.98. The number of alkyl carbamates (subject to hydrolysis) is 1. The number of carbonyl (C=O) groups excluding carboxylic acids is 1. The van der Waals surface area contributed by atoms with Crippen molar-refractivity contribution in [2.24, 2.45) is 0 Å². The van der Waals surface area contributed by atoms with Gasteiger partial charge in [-0.15, -0.1) is 11.3 Å². The van der Waals surface area contributed by atoms with Gasteiger partial charge in [0, 0.05) is 17.2 Å². The Balaban J connectivity index is 1.42. The molecular weight excluding hydrogens is 358 g/mol. The molecule has 1 heterocycles. The van der Waals surface area contributed by atoms with Gasteiger partial charge >= 0.3 is 6.09 Å². The Hall–Kier alpha value is -2.63. The van der Waals surface area contributed by atoms with E-state index in [9.17, 15) is 9.90 Å². The van der Waals surface area contributed by atoms with Crippen molar-refractivity contribution >= 4 is 17.4 Å². The molecular formula is C22H21NO3S. The topological polar surface area (TPSA) is 58.6 Å². The summed E-state index contributed by atoms with van der Waals surface area (Å²) in [5, 5.41) is 14.3. The van der Waals surface area contributed by atoms with E-state index in [2.05, 4.69) is 29.6 Å². The summed E-state index contributed by atoms with van der Waals surface area (Å²) in [5.74, 6) is 0.0352. The van der Waals surface area contributed by atoms with Crippen molar-refractivity contribution in [2.45, 2.75) is 18.4 Å². The van der Waals surface area contributed by atoms with Gasteiger partial charge in [-0.05, 0) is 33.7 Å². The van der Waals surface area contributed by atoms with Crippen LogP contribution in [0.2, 0.25) is 0 Å². The van der Waals surface area contributed by atoms with E-state index in [0.29, 0.717) is 6.42 Å². The van der Waals surface area contributed by atoms with Crippen LogP contribution >= 0.6 is 11.3 Å². The highest BCUT2D eigenvalue weighted by Crippen LogP contribution is 2.44. The minimum atomic E-state index is -0.493. The number of hydrogen-bond acceptors (Lipinski definition) is 4. The van der Waals surface area contributed by atoms with Crippen LogP contribution in [-0.4, -0.2) is 30.5 Å². The molecule has 1 unspecified atom stereocenters. The molecule has 1 aliphatic carbocycles. The second kappa shape index (κ2) is 7.94. The maximum atomic E-state index is 12.3. The molecule has 2 aromatic carbocycles. The zero-order chi connectivity index (χ0) is 18.6. The summed E-state index contributed by atoms with van der Waals surface area (Å²) >= 11 is 1.61. The monoisotopic (exact) mass is 379 g/mol. The predicted octanol–water partition coefficient (Wildman–Crippen LogP) is 4.19. The van der Waals surface area contributed by atoms with Crippen molar-refractivity contribution in [2.75, 3.05) is 13.2 Å². The van der Waals surface area contributed by atoms with Gasteiger partial charge < -0.3 is 15.2 Å². The first-order valence-corrected chi connectivity index (χ1v) is 9.89. The standard InChI is InChI=1S/C22H21NO3S/c24-13-15(12-16-6-5-11-27-16)23-22(25)26-14-21-19-9-3-1-7-17(19)18-8-2-4-10-20(18)21/h1-11,15,21,24H,12-14H2,(H,23,25). The summed E-state index contributed by atoms with van der Waals surface area (Å²) in [7, 11) is 0. The minimum absolute atomic E-state index is 0.0352. The number of benzene rings is 2. The summed E-state index contributed by atoms with van der Waals surface area (Å²) in [6.07, 6.45) is 0.103. The molecule has 1 amide bonds. The minimum Gasteiger partial charge on any atom is -0.449 e. The van der Waals surface area contributed by atoms with Crippen LogP contribution in [0.4, 0.5) is 4.79 Å². The fourth-order valence-corrected chi connectivity index (χ4v) is 4.43. The molecule has 1 atom stereocenters. The lowest BCUT2D eigenvalue weighted by Crippen LogP contribution is -2.39. The van der Waals surface area contributed by atoms with Crippen LogP contribution in [0.25, 0.3) is 11.1 Å². The van der Waals surface area contributed by atoms with E-state index in [0.717, 1.165) is 4.88 Å². The molecule has 0 radical (unpaired) electrons. The van der Waals surface area contributed by atoms with Gasteiger partial charge in [-0.2, -0.15) is 0 Å². The number of fused-ring (bicyclic) bond motifs is 3. The average molecular weight is 379 g/mol. The molecule has 0 fully saturated rings. The normalized spacial score (nSPS) is 13.7. The lowest BCUT2D eigenvalue weighted by Gasteiger charge is -2.18. The molecule has 0 spiro atoms. The first kappa shape index (κ1) is 17.8. The van der Waals surface area contributed by atoms with E-state index in [1.807, 2.05) is 41.8 Å². The predicted molar refractivity (Wildman–Crippen MR) is 107 cm³/mol. The first-order chi connectivity index (χ1) is 13.3. The summed E-state index contributed by atoms with van der Waals surface area (Å²) in [5.41, 5.74) is 4.77. The molecule has 27 heavy (non-hydrogen) atoms. The lowest BCUT2D eigenvalue weighted by molar-refractivity contribution is 0.132. The van der Waals surface area contributed by atoms with Gasteiger partial charge in [0.2, 0.25) is 0 Å². The van der Waals surface area contributed by atoms with E-state index >= 15 is 0 Å². The highest BCUT2D eigenvalue weighted by Gasteiger charge is 2.29. The van der Waals surface area contributed by atoms with Crippen LogP contribution in [0, 0.1) is 0 Å². The van der Waals surface area contributed by atoms with Gasteiger partial charge in [0.05, 0.1) is 12.6 Å². The van der Waals surface area contributed by atoms with E-state index in [4.69, 9.17) is 4.74 Å². The van der Waals surface area contributed by atoms with Crippen LogP contribution in [0.1, 0.15) is 21.9 Å². The van der Waals surface area contributed by atoms with Crippen LogP contribution in [0.15, 0.2) is 66.0 Å². The number of carbonyl (C=O) groups is 1. The molecule has 3 aromatic rings. The van der Waals surface area contributed by atoms with Crippen molar-refractivity contribution in [1.29, 1.82) is 0 Å². The number of nitrogens with one attached hydrogen (secondary N) is 1. The van der Waals surface area contributed by atoms with Crippen LogP contribution in [0.3, 0.4) is 0 Å². The Morgan fingerprint density at radius 1 is 1.04 bits per heavy atom. The van der Waals surface area contributed by atoms with Crippen molar-refractivity contribution < 1.29 is 14.6 Å². The molecule has 0 aliphatic heterocycles. The fourth-order valence-electron chi connectivity index (χ4n) is 3.64. The molecule has 0 saturated heterocycles. The second-order valence-electron chi connectivity index (χ2n) is 6.63. The molecule has 2 N–H and O–H groups in total. The smallest absolute Gasteiger partial charge is 0.407 e. The summed E-state index contributed by atoms with van der Waals surface area (Å²) in [6.45, 7) is 0.152. The SMILES string of the molecule is O=C(NC(CO)Cc1cccs1)OCC1c2ccccc2-c2ccccc21. The van der Waals surface area contributed by atoms with Gasteiger partial charge in [-0.25, -0.2) is 4.79 Å². The number of rotatable bonds is 6. The zero-order valence-corrected chi connectivity index (χ0v) is 15.6. The van der Waals surface area contributed by atoms with E-state index in [1.54, 1.807) is 11.3 Å². The number of hydrogen-bond donors (Lipinski definition) is 2. The van der Waals surface area contributed by atoms with Crippen LogP contribution < -0.4 is 5.32 Å². The molecule has 5 heteroatoms. The third kappa shape index (κ3) is 3.75. The van der Waals surface area contributed by atoms with Gasteiger partial charge in [-0.1, -0.05) is 54.6 Å². The maximum absolute atomic E-state index is 12.3. The Morgan fingerprint density at radius 2 is 1.70 bits per heavy atom. The van der Waals surface area contributed by atoms with E-state index in [1.165, 1.54) is 22.3 Å². The Kier molecular flexibility index (Phi) is 5.23. The Morgan fingerprint density at radius 3 is 2.30 bits per heavy atom. The average Bonchev–Trinajstić information content (AvgIpc) is 3.32. The molecule has 0 bridgehead atoms. The zero-order valence-electron chi connectivity index (χ0n) is 14.8. The van der Waals surface area contributed by atoms with E-state index in [-0.39, 0.29) is 25.2 Å². The largest absolute Gasteiger partial charge is 0.449 e. The first-order valence-electron chi connectivity index (χ1n) is 9.01. The number of ether oxygens (including phenoxy) is 1. The number of aliphatic hydroxyl groups excluding tert-OH is 1. The summed E-state index contributed by atoms with van der Waals surface area (Å²) in [4.78, 5) is 13.4. The molecule has 1 aromatic heterocycles. The Labute approximate surface area is 162 Å². The molecule has 0 saturated carbocycles. The summed E-state index contributed by atoms with van der Waals surface area (Å²) < 4.78 is 5.53. The van der Waals surface area contributed by atoms with Gasteiger partial charge in [0.1, 0.15) is 6.61 Å². The quantitative estimate of drug-likeness (QED) is 0.675. The third-order valence-corrected chi connectivity index (χ3v) is 5.81. The fraction of sp³-hybridized carbons (Fsp3) is 0.227. The van der Waals surface area contributed by atoms with Crippen LogP contribution in [0.5, 0.6) is 0 Å². The van der Waals surface area contributed by atoms with Gasteiger partial charge in [0.15, 0.2) is 0 Å². The Bertz CT molecular complexity index is 877. The molecule has 138 valence electrons. The highest BCUT2D eigenvalue weighted by atomic mass is 32.1.